The molecule has 5 heteroatoms. The molecule has 1 aliphatic heterocycles. The van der Waals surface area contributed by atoms with E-state index in [0.29, 0.717) is 30.7 Å². The summed E-state index contributed by atoms with van der Waals surface area (Å²) < 4.78 is 0. The van der Waals surface area contributed by atoms with Crippen LogP contribution in [-0.4, -0.2) is 36.6 Å². The van der Waals surface area contributed by atoms with E-state index < -0.39 is 0 Å². The molecular formula is C15H24N4O. The van der Waals surface area contributed by atoms with Gasteiger partial charge in [0.2, 0.25) is 0 Å². The summed E-state index contributed by atoms with van der Waals surface area (Å²) >= 11 is 0. The lowest BCUT2D eigenvalue weighted by atomic mass is 9.90. The van der Waals surface area contributed by atoms with Crippen LogP contribution in [0.2, 0.25) is 0 Å². The lowest BCUT2D eigenvalue weighted by Crippen LogP contribution is -2.48. The molecule has 0 saturated carbocycles. The fraction of sp³-hybridized carbons (Fsp3) is 0.600. The average Bonchev–Trinajstić information content (AvgIpc) is 2.47. The minimum absolute atomic E-state index is 0.122. The predicted octanol–water partition coefficient (Wildman–Crippen LogP) is 1.39. The molecule has 0 spiro atoms. The molecule has 2 heterocycles. The summed E-state index contributed by atoms with van der Waals surface area (Å²) in [5, 5.41) is 2.78. The number of hydrogen-bond donors (Lipinski definition) is 2. The maximum atomic E-state index is 11.9. The summed E-state index contributed by atoms with van der Waals surface area (Å²) in [6.07, 6.45) is 4.08. The van der Waals surface area contributed by atoms with E-state index in [1.807, 2.05) is 19.1 Å². The number of nitrogens with zero attached hydrogens (tertiary/aromatic N) is 2. The van der Waals surface area contributed by atoms with Gasteiger partial charge in [-0.25, -0.2) is 0 Å². The van der Waals surface area contributed by atoms with Gasteiger partial charge in [0.1, 0.15) is 5.69 Å². The van der Waals surface area contributed by atoms with Crippen molar-refractivity contribution >= 4 is 11.6 Å². The molecule has 2 atom stereocenters. The topological polar surface area (TPSA) is 71.2 Å². The number of nitrogens with one attached hydrogen (secondary N) is 1. The summed E-state index contributed by atoms with van der Waals surface area (Å²) in [4.78, 5) is 18.3. The third-order valence-electron chi connectivity index (χ3n) is 4.00. The Kier molecular flexibility index (Phi) is 4.95. The van der Waals surface area contributed by atoms with Gasteiger partial charge in [-0.05, 0) is 37.8 Å². The number of amides is 1. The van der Waals surface area contributed by atoms with Gasteiger partial charge in [0.25, 0.3) is 5.91 Å². The van der Waals surface area contributed by atoms with Crippen molar-refractivity contribution in [2.24, 2.45) is 11.7 Å². The van der Waals surface area contributed by atoms with Gasteiger partial charge < -0.3 is 16.0 Å². The first-order valence-electron chi connectivity index (χ1n) is 7.38. The van der Waals surface area contributed by atoms with Gasteiger partial charge in [0.15, 0.2) is 0 Å². The molecule has 1 aromatic heterocycles. The van der Waals surface area contributed by atoms with E-state index in [0.717, 1.165) is 18.7 Å². The molecule has 20 heavy (non-hydrogen) atoms. The van der Waals surface area contributed by atoms with Crippen LogP contribution in [0.5, 0.6) is 0 Å². The molecule has 0 aliphatic carbocycles. The zero-order chi connectivity index (χ0) is 14.5. The fourth-order valence-electron chi connectivity index (χ4n) is 2.90. The summed E-state index contributed by atoms with van der Waals surface area (Å²) in [7, 11) is 0. The molecule has 0 bridgehead atoms. The number of anilines is 1. The van der Waals surface area contributed by atoms with Crippen molar-refractivity contribution in [3.63, 3.8) is 0 Å². The second-order valence-electron chi connectivity index (χ2n) is 5.37. The number of rotatable bonds is 4. The number of aromatic nitrogens is 1. The smallest absolute Gasteiger partial charge is 0.269 e. The highest BCUT2D eigenvalue weighted by atomic mass is 16.1. The van der Waals surface area contributed by atoms with Crippen molar-refractivity contribution in [2.75, 3.05) is 24.5 Å². The normalized spacial score (nSPS) is 22.6. The van der Waals surface area contributed by atoms with Crippen molar-refractivity contribution in [2.45, 2.75) is 32.7 Å². The molecule has 1 amide bonds. The monoisotopic (exact) mass is 276 g/mol. The first-order valence-corrected chi connectivity index (χ1v) is 7.38. The molecule has 3 N–H and O–H groups in total. The second-order valence-corrected chi connectivity index (χ2v) is 5.37. The van der Waals surface area contributed by atoms with Crippen LogP contribution in [0.4, 0.5) is 5.69 Å². The van der Waals surface area contributed by atoms with Gasteiger partial charge >= 0.3 is 0 Å². The SMILES string of the molecule is CCNC(=O)c1cc(N2CCCC(C)C2CN)ccn1. The number of pyridine rings is 1. The van der Waals surface area contributed by atoms with Crippen LogP contribution in [0.15, 0.2) is 18.3 Å². The van der Waals surface area contributed by atoms with Crippen LogP contribution in [0.1, 0.15) is 37.2 Å². The van der Waals surface area contributed by atoms with Crippen molar-refractivity contribution in [1.82, 2.24) is 10.3 Å². The quantitative estimate of drug-likeness (QED) is 0.872. The predicted molar refractivity (Wildman–Crippen MR) is 80.8 cm³/mol. The maximum absolute atomic E-state index is 11.9. The summed E-state index contributed by atoms with van der Waals surface area (Å²) in [5.74, 6) is 0.457. The van der Waals surface area contributed by atoms with E-state index in [4.69, 9.17) is 5.73 Å². The fourth-order valence-corrected chi connectivity index (χ4v) is 2.90. The van der Waals surface area contributed by atoms with Crippen LogP contribution in [0, 0.1) is 5.92 Å². The zero-order valence-electron chi connectivity index (χ0n) is 12.3. The minimum Gasteiger partial charge on any atom is -0.367 e. The van der Waals surface area contributed by atoms with Gasteiger partial charge in [-0.15, -0.1) is 0 Å². The Morgan fingerprint density at radius 3 is 3.10 bits per heavy atom. The third-order valence-corrected chi connectivity index (χ3v) is 4.00. The van der Waals surface area contributed by atoms with Gasteiger partial charge in [-0.2, -0.15) is 0 Å². The van der Waals surface area contributed by atoms with Crippen molar-refractivity contribution in [3.8, 4) is 0 Å². The highest BCUT2D eigenvalue weighted by Crippen LogP contribution is 2.28. The summed E-state index contributed by atoms with van der Waals surface area (Å²) in [5.41, 5.74) is 7.45. The average molecular weight is 276 g/mol. The van der Waals surface area contributed by atoms with Crippen LogP contribution < -0.4 is 16.0 Å². The lowest BCUT2D eigenvalue weighted by Gasteiger charge is -2.41. The van der Waals surface area contributed by atoms with Crippen LogP contribution in [-0.2, 0) is 0 Å². The van der Waals surface area contributed by atoms with Gasteiger partial charge in [-0.3, -0.25) is 9.78 Å². The second kappa shape index (κ2) is 6.70. The van der Waals surface area contributed by atoms with Gasteiger partial charge in [0.05, 0.1) is 0 Å². The number of hydrogen-bond acceptors (Lipinski definition) is 4. The molecule has 1 fully saturated rings. The Bertz CT molecular complexity index is 463. The highest BCUT2D eigenvalue weighted by molar-refractivity contribution is 5.93. The molecule has 0 radical (unpaired) electrons. The molecule has 2 unspecified atom stereocenters. The highest BCUT2D eigenvalue weighted by Gasteiger charge is 2.27. The zero-order valence-corrected chi connectivity index (χ0v) is 12.3. The number of carbonyl (C=O) groups is 1. The molecule has 5 nitrogen and oxygen atoms in total. The van der Waals surface area contributed by atoms with E-state index in [9.17, 15) is 4.79 Å². The number of carbonyl (C=O) groups excluding carboxylic acids is 1. The largest absolute Gasteiger partial charge is 0.367 e. The van der Waals surface area contributed by atoms with E-state index in [1.165, 1.54) is 6.42 Å². The van der Waals surface area contributed by atoms with E-state index in [-0.39, 0.29) is 5.91 Å². The number of piperidine rings is 1. The Balaban J connectivity index is 2.23. The third kappa shape index (κ3) is 3.10. The van der Waals surface area contributed by atoms with Gasteiger partial charge in [-0.1, -0.05) is 6.92 Å². The molecule has 1 aliphatic rings. The standard InChI is InChI=1S/C15H24N4O/c1-3-17-15(20)13-9-12(6-7-18-13)19-8-4-5-11(2)14(19)10-16/h6-7,9,11,14H,3-5,8,10,16H2,1-2H3,(H,17,20). The summed E-state index contributed by atoms with van der Waals surface area (Å²) in [6.45, 7) is 6.38. The first kappa shape index (κ1) is 14.8. The van der Waals surface area contributed by atoms with Crippen LogP contribution in [0.3, 0.4) is 0 Å². The van der Waals surface area contributed by atoms with Gasteiger partial charge in [0, 0.05) is 37.6 Å². The molecule has 0 aromatic carbocycles. The minimum atomic E-state index is -0.122. The molecule has 2 rings (SSSR count). The van der Waals surface area contributed by atoms with Crippen molar-refractivity contribution in [1.29, 1.82) is 0 Å². The number of nitrogens with two attached hydrogens (primary N) is 1. The Labute approximate surface area is 120 Å². The van der Waals surface area contributed by atoms with E-state index in [2.05, 4.69) is 22.1 Å². The Hall–Kier alpha value is -1.62. The molecule has 110 valence electrons. The molecule has 1 aromatic rings. The van der Waals surface area contributed by atoms with Crippen molar-refractivity contribution in [3.05, 3.63) is 24.0 Å². The molecular weight excluding hydrogens is 252 g/mol. The van der Waals surface area contributed by atoms with Crippen molar-refractivity contribution < 1.29 is 4.79 Å². The lowest BCUT2D eigenvalue weighted by molar-refractivity contribution is 0.0951. The van der Waals surface area contributed by atoms with Crippen LogP contribution >= 0.6 is 0 Å². The van der Waals surface area contributed by atoms with E-state index >= 15 is 0 Å². The molecule has 1 saturated heterocycles. The Morgan fingerprint density at radius 2 is 2.40 bits per heavy atom. The van der Waals surface area contributed by atoms with E-state index in [1.54, 1.807) is 6.20 Å². The van der Waals surface area contributed by atoms with Crippen LogP contribution in [0.25, 0.3) is 0 Å². The summed E-state index contributed by atoms with van der Waals surface area (Å²) in [6, 6.07) is 4.17. The first-order chi connectivity index (χ1) is 9.67. The Morgan fingerprint density at radius 1 is 1.60 bits per heavy atom. The maximum Gasteiger partial charge on any atom is 0.269 e.